The lowest BCUT2D eigenvalue weighted by molar-refractivity contribution is 0.0714. The molecule has 3 heterocycles. The van der Waals surface area contributed by atoms with E-state index < -0.39 is 0 Å². The second-order valence-corrected chi connectivity index (χ2v) is 7.35. The molecule has 1 aliphatic rings. The van der Waals surface area contributed by atoms with E-state index in [0.717, 1.165) is 42.2 Å². The molecule has 3 aromatic rings. The maximum atomic E-state index is 12.9. The van der Waals surface area contributed by atoms with Gasteiger partial charge in [0.1, 0.15) is 5.00 Å². The molecule has 0 radical (unpaired) electrons. The Morgan fingerprint density at radius 3 is 2.84 bits per heavy atom. The number of aromatic nitrogens is 2. The first kappa shape index (κ1) is 16.1. The maximum absolute atomic E-state index is 12.9. The molecule has 0 bridgehead atoms. The molecule has 6 heteroatoms. The number of hydrogen-bond acceptors (Lipinski definition) is 4. The number of H-pyrrole nitrogens is 1. The molecule has 5 nitrogen and oxygen atoms in total. The summed E-state index contributed by atoms with van der Waals surface area (Å²) in [5.41, 5.74) is 4.12. The zero-order valence-electron chi connectivity index (χ0n) is 14.5. The molecule has 2 aromatic heterocycles. The van der Waals surface area contributed by atoms with Crippen LogP contribution in [0.1, 0.15) is 40.4 Å². The molecule has 130 valence electrons. The van der Waals surface area contributed by atoms with E-state index in [1.54, 1.807) is 0 Å². The fourth-order valence-electron chi connectivity index (χ4n) is 3.78. The molecule has 1 amide bonds. The van der Waals surface area contributed by atoms with Crippen molar-refractivity contribution in [3.63, 3.8) is 0 Å². The monoisotopic (exact) mass is 354 g/mol. The zero-order valence-corrected chi connectivity index (χ0v) is 15.3. The lowest BCUT2D eigenvalue weighted by atomic mass is 9.89. The standard InChI is InChI=1S/C19H22N4OS/c1-12-17(18(20-2)25-22-12)19(24)23-9-7-13(8-10-23)15-11-21-16-6-4-3-5-14(15)16/h3-6,11,13,20-21H,7-10H2,1-2H3. The lowest BCUT2D eigenvalue weighted by Crippen LogP contribution is -2.38. The fourth-order valence-corrected chi connectivity index (χ4v) is 4.51. The van der Waals surface area contributed by atoms with E-state index in [1.165, 1.54) is 28.0 Å². The molecule has 2 N–H and O–H groups in total. The largest absolute Gasteiger partial charge is 0.378 e. The SMILES string of the molecule is CNc1snc(C)c1C(=O)N1CCC(c2c[nH]c3ccccc23)CC1. The number of fused-ring (bicyclic) bond motifs is 1. The number of hydrogen-bond donors (Lipinski definition) is 2. The van der Waals surface area contributed by atoms with Gasteiger partial charge in [-0.25, -0.2) is 0 Å². The van der Waals surface area contributed by atoms with Gasteiger partial charge >= 0.3 is 0 Å². The number of likely N-dealkylation sites (tertiary alicyclic amines) is 1. The Bertz CT molecular complexity index is 905. The van der Waals surface area contributed by atoms with Gasteiger partial charge in [-0.05, 0) is 48.8 Å². The van der Waals surface area contributed by atoms with Crippen LogP contribution in [0.25, 0.3) is 10.9 Å². The van der Waals surface area contributed by atoms with Gasteiger partial charge < -0.3 is 15.2 Å². The van der Waals surface area contributed by atoms with Crippen molar-refractivity contribution in [2.75, 3.05) is 25.5 Å². The average Bonchev–Trinajstić information content (AvgIpc) is 3.24. The molecule has 1 aromatic carbocycles. The van der Waals surface area contributed by atoms with Crippen molar-refractivity contribution in [2.45, 2.75) is 25.7 Å². The van der Waals surface area contributed by atoms with E-state index in [9.17, 15) is 4.79 Å². The Morgan fingerprint density at radius 2 is 2.08 bits per heavy atom. The van der Waals surface area contributed by atoms with Crippen LogP contribution in [0, 0.1) is 6.92 Å². The molecular weight excluding hydrogens is 332 g/mol. The van der Waals surface area contributed by atoms with E-state index in [1.807, 2.05) is 18.9 Å². The van der Waals surface area contributed by atoms with Crippen molar-refractivity contribution in [1.82, 2.24) is 14.3 Å². The van der Waals surface area contributed by atoms with Gasteiger partial charge in [-0.15, -0.1) is 0 Å². The van der Waals surface area contributed by atoms with Crippen LogP contribution >= 0.6 is 11.5 Å². The van der Waals surface area contributed by atoms with E-state index in [2.05, 4.69) is 45.1 Å². The lowest BCUT2D eigenvalue weighted by Gasteiger charge is -2.32. The number of carbonyl (C=O) groups excluding carboxylic acids is 1. The predicted molar refractivity (Wildman–Crippen MR) is 103 cm³/mol. The summed E-state index contributed by atoms with van der Waals surface area (Å²) in [6, 6.07) is 8.44. The third-order valence-corrected chi connectivity index (χ3v) is 6.10. The highest BCUT2D eigenvalue weighted by molar-refractivity contribution is 7.10. The third kappa shape index (κ3) is 2.80. The van der Waals surface area contributed by atoms with Crippen LogP contribution < -0.4 is 5.32 Å². The van der Waals surface area contributed by atoms with Crippen LogP contribution in [0.2, 0.25) is 0 Å². The van der Waals surface area contributed by atoms with Gasteiger partial charge in [-0.2, -0.15) is 4.37 Å². The Balaban J connectivity index is 1.50. The fraction of sp³-hybridized carbons (Fsp3) is 0.368. The number of nitrogens with one attached hydrogen (secondary N) is 2. The second-order valence-electron chi connectivity index (χ2n) is 6.58. The summed E-state index contributed by atoms with van der Waals surface area (Å²) in [5, 5.41) is 5.26. The average molecular weight is 354 g/mol. The number of piperidine rings is 1. The van der Waals surface area contributed by atoms with Crippen LogP contribution in [0.4, 0.5) is 5.00 Å². The van der Waals surface area contributed by atoms with Crippen LogP contribution in [-0.2, 0) is 0 Å². The topological polar surface area (TPSA) is 61.0 Å². The molecule has 0 saturated carbocycles. The minimum absolute atomic E-state index is 0.105. The molecule has 1 aliphatic heterocycles. The Morgan fingerprint density at radius 1 is 1.32 bits per heavy atom. The number of rotatable bonds is 3. The van der Waals surface area contributed by atoms with Gasteiger partial charge in [-0.1, -0.05) is 18.2 Å². The number of carbonyl (C=O) groups is 1. The second kappa shape index (κ2) is 6.52. The van der Waals surface area contributed by atoms with Crippen LogP contribution in [0.3, 0.4) is 0 Å². The molecule has 4 rings (SSSR count). The number of benzene rings is 1. The van der Waals surface area contributed by atoms with Crippen molar-refractivity contribution < 1.29 is 4.79 Å². The first-order valence-electron chi connectivity index (χ1n) is 8.68. The highest BCUT2D eigenvalue weighted by atomic mass is 32.1. The van der Waals surface area contributed by atoms with E-state index in [4.69, 9.17) is 0 Å². The summed E-state index contributed by atoms with van der Waals surface area (Å²) in [6.45, 7) is 3.49. The number of aryl methyl sites for hydroxylation is 1. The molecule has 25 heavy (non-hydrogen) atoms. The number of nitrogens with zero attached hydrogens (tertiary/aromatic N) is 2. The normalized spacial score (nSPS) is 15.7. The van der Waals surface area contributed by atoms with Gasteiger partial charge in [0.25, 0.3) is 5.91 Å². The van der Waals surface area contributed by atoms with Crippen LogP contribution in [0.15, 0.2) is 30.5 Å². The van der Waals surface area contributed by atoms with Crippen molar-refractivity contribution in [2.24, 2.45) is 0 Å². The molecule has 0 aliphatic carbocycles. The first-order valence-corrected chi connectivity index (χ1v) is 9.45. The number of para-hydroxylation sites is 1. The van der Waals surface area contributed by atoms with Gasteiger partial charge in [0.05, 0.1) is 11.3 Å². The maximum Gasteiger partial charge on any atom is 0.258 e. The summed E-state index contributed by atoms with van der Waals surface area (Å²) in [7, 11) is 1.84. The molecule has 0 atom stereocenters. The molecule has 0 unspecified atom stereocenters. The number of amides is 1. The zero-order chi connectivity index (χ0) is 17.4. The van der Waals surface area contributed by atoms with Crippen LogP contribution in [0.5, 0.6) is 0 Å². The van der Waals surface area contributed by atoms with Crippen molar-refractivity contribution in [3.8, 4) is 0 Å². The molecule has 0 spiro atoms. The predicted octanol–water partition coefficient (Wildman–Crippen LogP) is 3.99. The Kier molecular flexibility index (Phi) is 4.21. The molecular formula is C19H22N4OS. The minimum Gasteiger partial charge on any atom is -0.378 e. The summed E-state index contributed by atoms with van der Waals surface area (Å²) in [5.74, 6) is 0.610. The molecule has 1 fully saturated rings. The van der Waals surface area contributed by atoms with Crippen molar-refractivity contribution in [3.05, 3.63) is 47.3 Å². The quantitative estimate of drug-likeness (QED) is 0.747. The molecule has 1 saturated heterocycles. The first-order chi connectivity index (χ1) is 12.2. The summed E-state index contributed by atoms with van der Waals surface area (Å²) in [4.78, 5) is 18.3. The highest BCUT2D eigenvalue weighted by Crippen LogP contribution is 2.34. The minimum atomic E-state index is 0.105. The Labute approximate surface area is 151 Å². The van der Waals surface area contributed by atoms with Crippen molar-refractivity contribution in [1.29, 1.82) is 0 Å². The van der Waals surface area contributed by atoms with E-state index >= 15 is 0 Å². The Hall–Kier alpha value is -2.34. The smallest absolute Gasteiger partial charge is 0.258 e. The summed E-state index contributed by atoms with van der Waals surface area (Å²) >= 11 is 1.36. The van der Waals surface area contributed by atoms with E-state index in [-0.39, 0.29) is 5.91 Å². The number of anilines is 1. The van der Waals surface area contributed by atoms with Crippen LogP contribution in [-0.4, -0.2) is 40.3 Å². The summed E-state index contributed by atoms with van der Waals surface area (Å²) in [6.07, 6.45) is 4.14. The van der Waals surface area contributed by atoms with Crippen molar-refractivity contribution >= 4 is 33.3 Å². The summed E-state index contributed by atoms with van der Waals surface area (Å²) < 4.78 is 4.32. The third-order valence-electron chi connectivity index (χ3n) is 5.15. The van der Waals surface area contributed by atoms with Gasteiger partial charge in [0.2, 0.25) is 0 Å². The highest BCUT2D eigenvalue weighted by Gasteiger charge is 2.28. The van der Waals surface area contributed by atoms with Gasteiger partial charge in [-0.3, -0.25) is 4.79 Å². The van der Waals surface area contributed by atoms with Gasteiger partial charge in [0, 0.05) is 37.2 Å². The van der Waals surface area contributed by atoms with Gasteiger partial charge in [0.15, 0.2) is 0 Å². The number of aromatic amines is 1. The van der Waals surface area contributed by atoms with E-state index in [0.29, 0.717) is 5.92 Å².